The molecule has 8 nitrogen and oxygen atoms in total. The van der Waals surface area contributed by atoms with Crippen molar-refractivity contribution in [2.45, 2.75) is 46.0 Å². The molecule has 1 aliphatic rings. The van der Waals surface area contributed by atoms with Crippen LogP contribution < -0.4 is 5.32 Å². The van der Waals surface area contributed by atoms with E-state index in [0.717, 1.165) is 28.7 Å². The van der Waals surface area contributed by atoms with Gasteiger partial charge in [0.2, 0.25) is 0 Å². The Morgan fingerprint density at radius 3 is 2.62 bits per heavy atom. The van der Waals surface area contributed by atoms with Gasteiger partial charge in [-0.05, 0) is 45.2 Å². The number of ketones is 1. The molecule has 0 radical (unpaired) electrons. The van der Waals surface area contributed by atoms with E-state index in [1.807, 2.05) is 0 Å². The number of nitrogens with one attached hydrogen (secondary N) is 1. The predicted molar refractivity (Wildman–Crippen MR) is 113 cm³/mol. The summed E-state index contributed by atoms with van der Waals surface area (Å²) in [5.74, 6) is -1.50. The van der Waals surface area contributed by atoms with E-state index < -0.39 is 18.3 Å². The quantitative estimate of drug-likeness (QED) is 0.408. The Labute approximate surface area is 185 Å². The summed E-state index contributed by atoms with van der Waals surface area (Å²) >= 11 is 0.948. The summed E-state index contributed by atoms with van der Waals surface area (Å²) in [6.45, 7) is 4.72. The minimum atomic E-state index is -2.79. The number of rotatable bonds is 7. The fraction of sp³-hybridized carbons (Fsp3) is 0.381. The van der Waals surface area contributed by atoms with E-state index in [-0.39, 0.29) is 45.9 Å². The van der Waals surface area contributed by atoms with E-state index >= 15 is 0 Å². The Morgan fingerprint density at radius 1 is 1.31 bits per heavy atom. The zero-order chi connectivity index (χ0) is 23.2. The van der Waals surface area contributed by atoms with Crippen LogP contribution in [0.3, 0.4) is 0 Å². The Balaban J connectivity index is 1.71. The highest BCUT2D eigenvalue weighted by molar-refractivity contribution is 7.18. The first kappa shape index (κ1) is 22.0. The minimum absolute atomic E-state index is 0.0848. The Hall–Kier alpha value is -3.21. The number of nitrogens with zero attached hydrogens (tertiary/aromatic N) is 3. The second-order valence-corrected chi connectivity index (χ2v) is 8.49. The number of carbonyl (C=O) groups is 3. The monoisotopic (exact) mass is 462 g/mol. The van der Waals surface area contributed by atoms with Gasteiger partial charge in [0.25, 0.3) is 12.3 Å². The van der Waals surface area contributed by atoms with E-state index in [1.54, 1.807) is 13.8 Å². The van der Waals surface area contributed by atoms with Crippen molar-refractivity contribution in [1.82, 2.24) is 14.6 Å². The molecule has 3 aromatic heterocycles. The lowest BCUT2D eigenvalue weighted by molar-refractivity contribution is 0.0527. The molecule has 0 atom stereocenters. The van der Waals surface area contributed by atoms with E-state index in [2.05, 4.69) is 15.4 Å². The summed E-state index contributed by atoms with van der Waals surface area (Å²) in [5.41, 5.74) is 0.714. The number of halogens is 2. The van der Waals surface area contributed by atoms with Crippen molar-refractivity contribution in [3.8, 4) is 0 Å². The van der Waals surface area contributed by atoms with Gasteiger partial charge >= 0.3 is 5.97 Å². The number of fused-ring (bicyclic) bond motifs is 1. The lowest BCUT2D eigenvalue weighted by Crippen LogP contribution is -2.15. The standard InChI is InChI=1S/C21H20F2N4O4S/c1-4-31-21(30)16-9(2)17(10(3)28)32-20(16)25-19(29)13-8-15-24-12(11-5-6-11)7-14(18(22)23)27(15)26-13/h7-8,11,18H,4-6H2,1-3H3,(H,25,29). The SMILES string of the molecule is CCOC(=O)c1c(NC(=O)c2cc3nc(C4CC4)cc(C(F)F)n3n2)sc(C(C)=O)c1C. The van der Waals surface area contributed by atoms with Gasteiger partial charge in [-0.3, -0.25) is 9.59 Å². The van der Waals surface area contributed by atoms with Crippen molar-refractivity contribution in [3.63, 3.8) is 0 Å². The number of hydrogen-bond donors (Lipinski definition) is 1. The fourth-order valence-corrected chi connectivity index (χ4v) is 4.51. The molecular formula is C21H20F2N4O4S. The maximum Gasteiger partial charge on any atom is 0.341 e. The first-order chi connectivity index (χ1) is 15.2. The first-order valence-electron chi connectivity index (χ1n) is 10.0. The molecule has 0 unspecified atom stereocenters. The van der Waals surface area contributed by atoms with E-state index in [9.17, 15) is 23.2 Å². The van der Waals surface area contributed by atoms with Crippen LogP contribution in [-0.4, -0.2) is 38.9 Å². The number of aromatic nitrogens is 3. The second kappa shape index (κ2) is 8.38. The summed E-state index contributed by atoms with van der Waals surface area (Å²) in [6.07, 6.45) is -1.01. The number of Topliss-reactive ketones (excluding diaryl/α,β-unsaturated/α-hetero) is 1. The highest BCUT2D eigenvalue weighted by Gasteiger charge is 2.29. The molecule has 3 heterocycles. The molecule has 168 valence electrons. The highest BCUT2D eigenvalue weighted by atomic mass is 32.1. The third kappa shape index (κ3) is 3.99. The van der Waals surface area contributed by atoms with Gasteiger partial charge in [-0.15, -0.1) is 11.3 Å². The molecule has 0 aromatic carbocycles. The van der Waals surface area contributed by atoms with Crippen molar-refractivity contribution < 1.29 is 27.9 Å². The van der Waals surface area contributed by atoms with E-state index in [4.69, 9.17) is 4.74 Å². The molecule has 4 rings (SSSR count). The van der Waals surface area contributed by atoms with Crippen LogP contribution in [0.4, 0.5) is 13.8 Å². The number of carbonyl (C=O) groups excluding carboxylic acids is 3. The first-order valence-corrected chi connectivity index (χ1v) is 10.8. The topological polar surface area (TPSA) is 103 Å². The van der Waals surface area contributed by atoms with E-state index in [0.29, 0.717) is 16.1 Å². The van der Waals surface area contributed by atoms with E-state index in [1.165, 1.54) is 19.1 Å². The lowest BCUT2D eigenvalue weighted by atomic mass is 10.1. The summed E-state index contributed by atoms with van der Waals surface area (Å²) in [5, 5.41) is 6.72. The van der Waals surface area contributed by atoms with Crippen molar-refractivity contribution in [1.29, 1.82) is 0 Å². The lowest BCUT2D eigenvalue weighted by Gasteiger charge is -2.06. The smallest absolute Gasteiger partial charge is 0.341 e. The maximum atomic E-state index is 13.6. The molecule has 1 N–H and O–H groups in total. The average Bonchev–Trinajstić information content (AvgIpc) is 3.40. The molecule has 1 saturated carbocycles. The average molecular weight is 462 g/mol. The molecule has 32 heavy (non-hydrogen) atoms. The molecule has 0 aliphatic heterocycles. The van der Waals surface area contributed by atoms with Crippen LogP contribution in [0, 0.1) is 6.92 Å². The zero-order valence-electron chi connectivity index (χ0n) is 17.6. The van der Waals surface area contributed by atoms with Crippen molar-refractivity contribution >= 4 is 39.6 Å². The predicted octanol–water partition coefficient (Wildman–Crippen LogP) is 4.55. The minimum Gasteiger partial charge on any atom is -0.462 e. The van der Waals surface area contributed by atoms with Crippen molar-refractivity contribution in [2.24, 2.45) is 0 Å². The molecule has 1 fully saturated rings. The molecule has 1 aliphatic carbocycles. The fourth-order valence-electron chi connectivity index (χ4n) is 3.43. The maximum absolute atomic E-state index is 13.6. The molecule has 0 bridgehead atoms. The molecule has 3 aromatic rings. The zero-order valence-corrected chi connectivity index (χ0v) is 18.4. The van der Waals surface area contributed by atoms with Crippen LogP contribution in [0.5, 0.6) is 0 Å². The Bertz CT molecular complexity index is 1250. The third-order valence-electron chi connectivity index (χ3n) is 5.10. The Kier molecular flexibility index (Phi) is 5.76. The van der Waals surface area contributed by atoms with Crippen LogP contribution in [0.15, 0.2) is 12.1 Å². The second-order valence-electron chi connectivity index (χ2n) is 7.47. The number of anilines is 1. The summed E-state index contributed by atoms with van der Waals surface area (Å²) in [4.78, 5) is 41.9. The molecular weight excluding hydrogens is 442 g/mol. The number of thiophene rings is 1. The molecule has 0 saturated heterocycles. The molecule has 11 heteroatoms. The molecule has 0 spiro atoms. The number of esters is 1. The number of amides is 1. The summed E-state index contributed by atoms with van der Waals surface area (Å²) in [7, 11) is 0. The normalized spacial score (nSPS) is 13.6. The van der Waals surface area contributed by atoms with Crippen LogP contribution in [-0.2, 0) is 4.74 Å². The van der Waals surface area contributed by atoms with Crippen LogP contribution in [0.2, 0.25) is 0 Å². The third-order valence-corrected chi connectivity index (χ3v) is 6.41. The van der Waals surface area contributed by atoms with Gasteiger partial charge < -0.3 is 10.1 Å². The van der Waals surface area contributed by atoms with Gasteiger partial charge in [-0.25, -0.2) is 23.1 Å². The largest absolute Gasteiger partial charge is 0.462 e. The number of ether oxygens (including phenoxy) is 1. The number of alkyl halides is 2. The van der Waals surface area contributed by atoms with Gasteiger partial charge in [0.15, 0.2) is 17.1 Å². The molecule has 1 amide bonds. The van der Waals surface area contributed by atoms with Crippen LogP contribution in [0.25, 0.3) is 5.65 Å². The van der Waals surface area contributed by atoms with Gasteiger partial charge in [0.05, 0.1) is 17.0 Å². The summed E-state index contributed by atoms with van der Waals surface area (Å²) < 4.78 is 33.2. The van der Waals surface area contributed by atoms with Gasteiger partial charge in [-0.2, -0.15) is 5.10 Å². The van der Waals surface area contributed by atoms with Crippen LogP contribution in [0.1, 0.15) is 86.5 Å². The van der Waals surface area contributed by atoms with Crippen molar-refractivity contribution in [3.05, 3.63) is 45.2 Å². The summed E-state index contributed by atoms with van der Waals surface area (Å²) in [6, 6.07) is 2.65. The Morgan fingerprint density at radius 2 is 2.03 bits per heavy atom. The number of hydrogen-bond acceptors (Lipinski definition) is 7. The highest BCUT2D eigenvalue weighted by Crippen LogP contribution is 2.40. The van der Waals surface area contributed by atoms with Gasteiger partial charge in [0.1, 0.15) is 10.7 Å². The van der Waals surface area contributed by atoms with Gasteiger partial charge in [-0.1, -0.05) is 0 Å². The van der Waals surface area contributed by atoms with Gasteiger partial charge in [0, 0.05) is 17.7 Å². The van der Waals surface area contributed by atoms with Crippen LogP contribution >= 0.6 is 11.3 Å². The van der Waals surface area contributed by atoms with Crippen molar-refractivity contribution in [2.75, 3.05) is 11.9 Å².